The van der Waals surface area contributed by atoms with Gasteiger partial charge in [0.15, 0.2) is 0 Å². The molecule has 0 aliphatic heterocycles. The molecule has 0 aromatic heterocycles. The molecule has 0 aliphatic rings. The summed E-state index contributed by atoms with van der Waals surface area (Å²) in [6.45, 7) is 5.40. The van der Waals surface area contributed by atoms with Crippen molar-refractivity contribution in [3.63, 3.8) is 0 Å². The molecule has 0 aliphatic carbocycles. The molecule has 1 atom stereocenters. The molecule has 0 bridgehead atoms. The third-order valence-electron chi connectivity index (χ3n) is 3.02. The first-order valence-corrected chi connectivity index (χ1v) is 7.26. The number of esters is 1. The Bertz CT molecular complexity index is 514. The zero-order valence-corrected chi connectivity index (χ0v) is 13.1. The molecule has 22 heavy (non-hydrogen) atoms. The molecule has 1 amide bonds. The van der Waals surface area contributed by atoms with Crippen molar-refractivity contribution in [1.29, 1.82) is 0 Å². The summed E-state index contributed by atoms with van der Waals surface area (Å²) < 4.78 is 4.92. The molecule has 0 saturated heterocycles. The number of hydrogen-bond donors (Lipinski definition) is 2. The quantitative estimate of drug-likeness (QED) is 0.561. The maximum Gasteiger partial charge on any atom is 0.325 e. The van der Waals surface area contributed by atoms with E-state index in [1.807, 2.05) is 0 Å². The van der Waals surface area contributed by atoms with Crippen molar-refractivity contribution in [1.82, 2.24) is 10.9 Å². The second-order valence-corrected chi connectivity index (χ2v) is 5.09. The minimum Gasteiger partial charge on any atom is -0.465 e. The minimum absolute atomic E-state index is 0.0361. The van der Waals surface area contributed by atoms with Crippen molar-refractivity contribution in [3.8, 4) is 0 Å². The minimum atomic E-state index is -0.900. The maximum absolute atomic E-state index is 11.9. The Morgan fingerprint density at radius 3 is 2.32 bits per heavy atom. The van der Waals surface area contributed by atoms with E-state index in [9.17, 15) is 14.4 Å². The van der Waals surface area contributed by atoms with Crippen LogP contribution in [-0.4, -0.2) is 30.3 Å². The van der Waals surface area contributed by atoms with Gasteiger partial charge in [-0.05, 0) is 19.1 Å². The number of nitrogens with one attached hydrogen (secondary N) is 2. The van der Waals surface area contributed by atoms with Crippen LogP contribution in [0.5, 0.6) is 0 Å². The lowest BCUT2D eigenvalue weighted by molar-refractivity contribution is -0.147. The van der Waals surface area contributed by atoms with Crippen LogP contribution in [0.4, 0.5) is 0 Å². The van der Waals surface area contributed by atoms with Crippen LogP contribution in [0.2, 0.25) is 0 Å². The zero-order chi connectivity index (χ0) is 16.5. The number of ether oxygens (including phenoxy) is 1. The Labute approximate surface area is 130 Å². The van der Waals surface area contributed by atoms with E-state index < -0.39 is 12.0 Å². The molecule has 0 radical (unpaired) electrons. The molecule has 6 heteroatoms. The Kier molecular flexibility index (Phi) is 7.25. The van der Waals surface area contributed by atoms with Crippen molar-refractivity contribution in [2.45, 2.75) is 33.2 Å². The highest BCUT2D eigenvalue weighted by atomic mass is 16.5. The topological polar surface area (TPSA) is 84.5 Å². The highest BCUT2D eigenvalue weighted by Crippen LogP contribution is 2.04. The summed E-state index contributed by atoms with van der Waals surface area (Å²) in [4.78, 5) is 35.6. The standard InChI is InChI=1S/C16H22N2O4/c1-4-22-16(21)13(10-14(19)11(2)3)17-18-15(20)12-8-6-5-7-9-12/h5-9,11,13,17H,4,10H2,1-3H3,(H,18,20)/t13-/m1/s1. The molecule has 1 rings (SSSR count). The fourth-order valence-electron chi connectivity index (χ4n) is 1.69. The first-order chi connectivity index (χ1) is 10.5. The first kappa shape index (κ1) is 17.8. The van der Waals surface area contributed by atoms with Crippen LogP contribution < -0.4 is 10.9 Å². The predicted molar refractivity (Wildman–Crippen MR) is 81.9 cm³/mol. The van der Waals surface area contributed by atoms with E-state index in [0.29, 0.717) is 5.56 Å². The van der Waals surface area contributed by atoms with Crippen molar-refractivity contribution in [3.05, 3.63) is 35.9 Å². The number of Topliss-reactive ketones (excluding diaryl/α,β-unsaturated/α-hetero) is 1. The van der Waals surface area contributed by atoms with Gasteiger partial charge >= 0.3 is 5.97 Å². The summed E-state index contributed by atoms with van der Waals surface area (Å²) in [6, 6.07) is 7.67. The van der Waals surface area contributed by atoms with Crippen molar-refractivity contribution in [2.75, 3.05) is 6.61 Å². The van der Waals surface area contributed by atoms with Gasteiger partial charge in [-0.2, -0.15) is 0 Å². The summed E-state index contributed by atoms with van der Waals surface area (Å²) in [6.07, 6.45) is -0.0361. The van der Waals surface area contributed by atoms with Crippen LogP contribution in [0.1, 0.15) is 37.6 Å². The number of hydrazine groups is 1. The number of carbonyl (C=O) groups excluding carboxylic acids is 3. The second-order valence-electron chi connectivity index (χ2n) is 5.09. The molecular weight excluding hydrogens is 284 g/mol. The normalized spacial score (nSPS) is 11.8. The van der Waals surface area contributed by atoms with Gasteiger partial charge in [-0.25, -0.2) is 5.43 Å². The van der Waals surface area contributed by atoms with Crippen molar-refractivity contribution >= 4 is 17.7 Å². The highest BCUT2D eigenvalue weighted by Gasteiger charge is 2.24. The lowest BCUT2D eigenvalue weighted by Crippen LogP contribution is -2.50. The zero-order valence-electron chi connectivity index (χ0n) is 13.1. The molecule has 0 spiro atoms. The Balaban J connectivity index is 2.66. The molecule has 1 aromatic carbocycles. The lowest BCUT2D eigenvalue weighted by atomic mass is 10.0. The van der Waals surface area contributed by atoms with E-state index in [0.717, 1.165) is 0 Å². The van der Waals surface area contributed by atoms with Gasteiger partial charge < -0.3 is 4.74 Å². The average molecular weight is 306 g/mol. The van der Waals surface area contributed by atoms with Gasteiger partial charge in [-0.3, -0.25) is 19.8 Å². The SMILES string of the molecule is CCOC(=O)[C@@H](CC(=O)C(C)C)NNC(=O)c1ccccc1. The van der Waals surface area contributed by atoms with Gasteiger partial charge in [0.1, 0.15) is 11.8 Å². The third kappa shape index (κ3) is 5.65. The number of rotatable bonds is 8. The van der Waals surface area contributed by atoms with Crippen LogP contribution in [0.25, 0.3) is 0 Å². The molecule has 0 fully saturated rings. The molecule has 6 nitrogen and oxygen atoms in total. The van der Waals surface area contributed by atoms with E-state index in [-0.39, 0.29) is 30.6 Å². The van der Waals surface area contributed by atoms with Gasteiger partial charge in [0, 0.05) is 17.9 Å². The largest absolute Gasteiger partial charge is 0.465 e. The average Bonchev–Trinajstić information content (AvgIpc) is 2.51. The molecule has 0 unspecified atom stereocenters. The van der Waals surface area contributed by atoms with Gasteiger partial charge in [-0.1, -0.05) is 32.0 Å². The smallest absolute Gasteiger partial charge is 0.325 e. The summed E-state index contributed by atoms with van der Waals surface area (Å²) in [7, 11) is 0. The molecule has 120 valence electrons. The monoisotopic (exact) mass is 306 g/mol. The van der Waals surface area contributed by atoms with Crippen LogP contribution in [0.3, 0.4) is 0 Å². The van der Waals surface area contributed by atoms with Crippen molar-refractivity contribution in [2.24, 2.45) is 5.92 Å². The molecule has 1 aromatic rings. The van der Waals surface area contributed by atoms with E-state index in [1.54, 1.807) is 51.1 Å². The van der Waals surface area contributed by atoms with E-state index in [4.69, 9.17) is 4.74 Å². The fraction of sp³-hybridized carbons (Fsp3) is 0.438. The van der Waals surface area contributed by atoms with E-state index >= 15 is 0 Å². The number of benzene rings is 1. The first-order valence-electron chi connectivity index (χ1n) is 7.26. The highest BCUT2D eigenvalue weighted by molar-refractivity contribution is 5.94. The number of amides is 1. The summed E-state index contributed by atoms with van der Waals surface area (Å²) in [5, 5.41) is 0. The number of ketones is 1. The van der Waals surface area contributed by atoms with Crippen LogP contribution >= 0.6 is 0 Å². The fourth-order valence-corrected chi connectivity index (χ4v) is 1.69. The molecule has 2 N–H and O–H groups in total. The Morgan fingerprint density at radius 2 is 1.77 bits per heavy atom. The van der Waals surface area contributed by atoms with E-state index in [1.165, 1.54) is 0 Å². The summed E-state index contributed by atoms with van der Waals surface area (Å²) >= 11 is 0. The second kappa shape index (κ2) is 8.94. The maximum atomic E-state index is 11.9. The van der Waals surface area contributed by atoms with E-state index in [2.05, 4.69) is 10.9 Å². The third-order valence-corrected chi connectivity index (χ3v) is 3.02. The summed E-state index contributed by atoms with van der Waals surface area (Å²) in [5.74, 6) is -1.22. The van der Waals surface area contributed by atoms with Gasteiger partial charge in [0.25, 0.3) is 5.91 Å². The van der Waals surface area contributed by atoms with Gasteiger partial charge in [0.05, 0.1) is 6.61 Å². The van der Waals surface area contributed by atoms with Crippen molar-refractivity contribution < 1.29 is 19.1 Å². The molecule has 0 heterocycles. The number of hydrogen-bond acceptors (Lipinski definition) is 5. The van der Waals surface area contributed by atoms with Gasteiger partial charge in [0.2, 0.25) is 0 Å². The van der Waals surface area contributed by atoms with Crippen LogP contribution in [0.15, 0.2) is 30.3 Å². The van der Waals surface area contributed by atoms with Crippen LogP contribution in [-0.2, 0) is 14.3 Å². The predicted octanol–water partition coefficient (Wildman–Crippen LogP) is 1.47. The number of carbonyl (C=O) groups is 3. The van der Waals surface area contributed by atoms with Crippen LogP contribution in [0, 0.1) is 5.92 Å². The lowest BCUT2D eigenvalue weighted by Gasteiger charge is -2.18. The van der Waals surface area contributed by atoms with Gasteiger partial charge in [-0.15, -0.1) is 0 Å². The Morgan fingerprint density at radius 1 is 1.14 bits per heavy atom. The summed E-state index contributed by atoms with van der Waals surface area (Å²) in [5.41, 5.74) is 5.49. The molecule has 0 saturated carbocycles. The Hall–Kier alpha value is -2.21. The molecular formula is C16H22N2O4.